The summed E-state index contributed by atoms with van der Waals surface area (Å²) >= 11 is 0. The van der Waals surface area contributed by atoms with Crippen LogP contribution < -0.4 is 9.47 Å². The molecule has 0 bridgehead atoms. The predicted molar refractivity (Wildman–Crippen MR) is 51.9 cm³/mol. The highest BCUT2D eigenvalue weighted by Crippen LogP contribution is 2.26. The molecule has 0 fully saturated rings. The topological polar surface area (TPSA) is 76.0 Å². The molecule has 0 radical (unpaired) electrons. The number of hydrogen-bond acceptors (Lipinski definition) is 4. The lowest BCUT2D eigenvalue weighted by atomic mass is 10.3. The first-order valence-electron chi connectivity index (χ1n) is 4.38. The van der Waals surface area contributed by atoms with Gasteiger partial charge in [-0.05, 0) is 19.1 Å². The van der Waals surface area contributed by atoms with Crippen molar-refractivity contribution in [1.82, 2.24) is 0 Å². The van der Waals surface area contributed by atoms with Crippen LogP contribution >= 0.6 is 0 Å². The van der Waals surface area contributed by atoms with Crippen molar-refractivity contribution in [3.8, 4) is 11.5 Å². The number of aliphatic hydroxyl groups excluding tert-OH is 1. The quantitative estimate of drug-likeness (QED) is 0.708. The molecule has 1 unspecified atom stereocenters. The van der Waals surface area contributed by atoms with E-state index in [0.29, 0.717) is 11.5 Å². The van der Waals surface area contributed by atoms with E-state index in [2.05, 4.69) is 0 Å². The second-order valence-electron chi connectivity index (χ2n) is 2.85. The number of para-hydroxylation sites is 2. The molecule has 0 aliphatic heterocycles. The van der Waals surface area contributed by atoms with Gasteiger partial charge in [-0.2, -0.15) is 0 Å². The van der Waals surface area contributed by atoms with Crippen LogP contribution in [0.15, 0.2) is 24.3 Å². The predicted octanol–water partition coefficient (Wildman–Crippen LogP) is 0.867. The van der Waals surface area contributed by atoms with Gasteiger partial charge in [0.25, 0.3) is 0 Å². The Morgan fingerprint density at radius 2 is 2.00 bits per heavy atom. The smallest absolute Gasteiger partial charge is 0.341 e. The number of carboxylic acids is 1. The Bertz CT molecular complexity index is 334. The average Bonchev–Trinajstić information content (AvgIpc) is 2.15. The SMILES string of the molecule is CC(O)Oc1ccccc1OCC(=O)O. The molecule has 5 heteroatoms. The normalized spacial score (nSPS) is 11.9. The van der Waals surface area contributed by atoms with E-state index in [4.69, 9.17) is 19.7 Å². The first-order valence-corrected chi connectivity index (χ1v) is 4.38. The van der Waals surface area contributed by atoms with E-state index in [1.54, 1.807) is 24.3 Å². The summed E-state index contributed by atoms with van der Waals surface area (Å²) in [5.74, 6) is -0.462. The Balaban J connectivity index is 2.72. The van der Waals surface area contributed by atoms with E-state index in [9.17, 15) is 4.79 Å². The monoisotopic (exact) mass is 212 g/mol. The maximum absolute atomic E-state index is 10.3. The molecular formula is C10H12O5. The molecule has 1 aromatic carbocycles. The maximum Gasteiger partial charge on any atom is 0.341 e. The fourth-order valence-corrected chi connectivity index (χ4v) is 0.990. The van der Waals surface area contributed by atoms with Gasteiger partial charge in [0, 0.05) is 0 Å². The molecule has 15 heavy (non-hydrogen) atoms. The van der Waals surface area contributed by atoms with Gasteiger partial charge in [0.1, 0.15) is 0 Å². The van der Waals surface area contributed by atoms with Gasteiger partial charge in [-0.1, -0.05) is 12.1 Å². The van der Waals surface area contributed by atoms with Crippen LogP contribution in [0.3, 0.4) is 0 Å². The molecular weight excluding hydrogens is 200 g/mol. The second kappa shape index (κ2) is 5.21. The van der Waals surface area contributed by atoms with Crippen molar-refractivity contribution in [3.63, 3.8) is 0 Å². The Labute approximate surface area is 86.9 Å². The Hall–Kier alpha value is -1.75. The van der Waals surface area contributed by atoms with E-state index in [-0.39, 0.29) is 0 Å². The minimum absolute atomic E-state index is 0.292. The summed E-state index contributed by atoms with van der Waals surface area (Å²) in [4.78, 5) is 10.3. The zero-order valence-corrected chi connectivity index (χ0v) is 8.21. The fraction of sp³-hybridized carbons (Fsp3) is 0.300. The minimum Gasteiger partial charge on any atom is -0.479 e. The van der Waals surface area contributed by atoms with Crippen LogP contribution in [-0.2, 0) is 4.79 Å². The van der Waals surface area contributed by atoms with Crippen molar-refractivity contribution in [1.29, 1.82) is 0 Å². The van der Waals surface area contributed by atoms with Crippen LogP contribution in [0.2, 0.25) is 0 Å². The lowest BCUT2D eigenvalue weighted by Crippen LogP contribution is -2.13. The molecule has 0 heterocycles. The van der Waals surface area contributed by atoms with Crippen LogP contribution in [0.5, 0.6) is 11.5 Å². The van der Waals surface area contributed by atoms with Crippen molar-refractivity contribution < 1.29 is 24.5 Å². The molecule has 82 valence electrons. The van der Waals surface area contributed by atoms with E-state index in [0.717, 1.165) is 0 Å². The van der Waals surface area contributed by atoms with Crippen LogP contribution in [0.25, 0.3) is 0 Å². The summed E-state index contributed by atoms with van der Waals surface area (Å²) < 4.78 is 9.98. The number of aliphatic carboxylic acids is 1. The number of carbonyl (C=O) groups is 1. The van der Waals surface area contributed by atoms with Crippen LogP contribution in [0.4, 0.5) is 0 Å². The summed E-state index contributed by atoms with van der Waals surface area (Å²) in [5.41, 5.74) is 0. The van der Waals surface area contributed by atoms with Gasteiger partial charge in [-0.15, -0.1) is 0 Å². The first-order chi connectivity index (χ1) is 7.09. The van der Waals surface area contributed by atoms with Gasteiger partial charge in [0.05, 0.1) is 0 Å². The lowest BCUT2D eigenvalue weighted by Gasteiger charge is -2.12. The summed E-state index contributed by atoms with van der Waals surface area (Å²) in [6.07, 6.45) is -0.973. The van der Waals surface area contributed by atoms with Crippen LogP contribution in [0.1, 0.15) is 6.92 Å². The molecule has 0 amide bonds. The van der Waals surface area contributed by atoms with Crippen LogP contribution in [0, 0.1) is 0 Å². The molecule has 1 rings (SSSR count). The molecule has 0 aliphatic carbocycles. The molecule has 0 saturated heterocycles. The number of rotatable bonds is 5. The average molecular weight is 212 g/mol. The number of ether oxygens (including phenoxy) is 2. The van der Waals surface area contributed by atoms with Crippen molar-refractivity contribution in [2.45, 2.75) is 13.2 Å². The van der Waals surface area contributed by atoms with Crippen molar-refractivity contribution in [2.75, 3.05) is 6.61 Å². The molecule has 5 nitrogen and oxygen atoms in total. The zero-order valence-electron chi connectivity index (χ0n) is 8.21. The summed E-state index contributed by atoms with van der Waals surface area (Å²) in [5, 5.41) is 17.4. The number of benzene rings is 1. The second-order valence-corrected chi connectivity index (χ2v) is 2.85. The van der Waals surface area contributed by atoms with Gasteiger partial charge in [-0.3, -0.25) is 0 Å². The Morgan fingerprint density at radius 1 is 1.40 bits per heavy atom. The third kappa shape index (κ3) is 3.86. The molecule has 0 aliphatic rings. The molecule has 2 N–H and O–H groups in total. The number of carboxylic acid groups (broad SMARTS) is 1. The first kappa shape index (κ1) is 11.3. The number of hydrogen-bond donors (Lipinski definition) is 2. The Morgan fingerprint density at radius 3 is 2.53 bits per heavy atom. The zero-order chi connectivity index (χ0) is 11.3. The van der Waals surface area contributed by atoms with Gasteiger partial charge in [0.15, 0.2) is 24.4 Å². The van der Waals surface area contributed by atoms with Crippen molar-refractivity contribution in [2.24, 2.45) is 0 Å². The van der Waals surface area contributed by atoms with Crippen LogP contribution in [-0.4, -0.2) is 29.1 Å². The maximum atomic E-state index is 10.3. The summed E-state index contributed by atoms with van der Waals surface area (Å²) in [7, 11) is 0. The van der Waals surface area contributed by atoms with Gasteiger partial charge >= 0.3 is 5.97 Å². The summed E-state index contributed by atoms with van der Waals surface area (Å²) in [6, 6.07) is 6.54. The van der Waals surface area contributed by atoms with Gasteiger partial charge in [0.2, 0.25) is 0 Å². The van der Waals surface area contributed by atoms with Gasteiger partial charge in [-0.25, -0.2) is 4.79 Å². The number of aliphatic hydroxyl groups is 1. The lowest BCUT2D eigenvalue weighted by molar-refractivity contribution is -0.139. The van der Waals surface area contributed by atoms with E-state index in [1.165, 1.54) is 6.92 Å². The fourth-order valence-electron chi connectivity index (χ4n) is 0.990. The van der Waals surface area contributed by atoms with Crippen molar-refractivity contribution in [3.05, 3.63) is 24.3 Å². The van der Waals surface area contributed by atoms with Crippen molar-refractivity contribution >= 4 is 5.97 Å². The third-order valence-corrected chi connectivity index (χ3v) is 1.50. The standard InChI is InChI=1S/C10H12O5/c1-7(11)15-9-5-3-2-4-8(9)14-6-10(12)13/h2-5,7,11H,6H2,1H3,(H,12,13). The third-order valence-electron chi connectivity index (χ3n) is 1.50. The Kier molecular flexibility index (Phi) is 3.93. The molecule has 0 spiro atoms. The van der Waals surface area contributed by atoms with E-state index < -0.39 is 18.9 Å². The highest BCUT2D eigenvalue weighted by molar-refractivity contribution is 5.68. The van der Waals surface area contributed by atoms with E-state index >= 15 is 0 Å². The minimum atomic E-state index is -1.07. The molecule has 0 saturated carbocycles. The van der Waals surface area contributed by atoms with Gasteiger partial charge < -0.3 is 19.7 Å². The molecule has 0 aromatic heterocycles. The van der Waals surface area contributed by atoms with E-state index in [1.807, 2.05) is 0 Å². The summed E-state index contributed by atoms with van der Waals surface area (Å²) in [6.45, 7) is 1.01. The largest absolute Gasteiger partial charge is 0.479 e. The highest BCUT2D eigenvalue weighted by Gasteiger charge is 2.07. The molecule has 1 atom stereocenters. The highest BCUT2D eigenvalue weighted by atomic mass is 16.6. The molecule has 1 aromatic rings.